The highest BCUT2D eigenvalue weighted by atomic mass is 16.6. The van der Waals surface area contributed by atoms with Gasteiger partial charge in [0.2, 0.25) is 5.91 Å². The minimum Gasteiger partial charge on any atom is -0.368 e. The van der Waals surface area contributed by atoms with E-state index in [1.165, 1.54) is 12.1 Å². The summed E-state index contributed by atoms with van der Waals surface area (Å²) >= 11 is 0. The first-order chi connectivity index (χ1) is 10.1. The number of hydrogen-bond donors (Lipinski definition) is 2. The van der Waals surface area contributed by atoms with Crippen molar-refractivity contribution in [2.45, 2.75) is 25.5 Å². The number of piperidine rings is 1. The van der Waals surface area contributed by atoms with Gasteiger partial charge in [0.1, 0.15) is 6.61 Å². The van der Waals surface area contributed by atoms with Crippen LogP contribution in [0.15, 0.2) is 24.3 Å². The highest BCUT2D eigenvalue weighted by molar-refractivity contribution is 5.77. The van der Waals surface area contributed by atoms with E-state index >= 15 is 0 Å². The van der Waals surface area contributed by atoms with E-state index in [0.717, 1.165) is 31.5 Å². The molecule has 1 saturated heterocycles. The highest BCUT2D eigenvalue weighted by Crippen LogP contribution is 2.11. The summed E-state index contributed by atoms with van der Waals surface area (Å²) in [6.07, 6.45) is 2.00. The van der Waals surface area contributed by atoms with Crippen LogP contribution in [0, 0.1) is 10.1 Å². The largest absolute Gasteiger partial charge is 0.368 e. The minimum absolute atomic E-state index is 0.0410. The molecule has 0 unspecified atom stereocenters. The molecule has 0 bridgehead atoms. The highest BCUT2D eigenvalue weighted by Gasteiger charge is 2.14. The Morgan fingerprint density at radius 2 is 2.00 bits per heavy atom. The Bertz CT molecular complexity index is 483. The van der Waals surface area contributed by atoms with Gasteiger partial charge in [-0.25, -0.2) is 0 Å². The number of ether oxygens (including phenoxy) is 1. The van der Waals surface area contributed by atoms with E-state index in [0.29, 0.717) is 6.54 Å². The molecule has 1 aliphatic heterocycles. The van der Waals surface area contributed by atoms with Crippen LogP contribution in [0.2, 0.25) is 0 Å². The Balaban J connectivity index is 1.69. The number of carbonyl (C=O) groups excluding carboxylic acids is 1. The molecule has 1 heterocycles. The van der Waals surface area contributed by atoms with Crippen molar-refractivity contribution in [2.75, 3.05) is 19.7 Å². The third kappa shape index (κ3) is 5.13. The number of amides is 1. The fourth-order valence-corrected chi connectivity index (χ4v) is 2.14. The van der Waals surface area contributed by atoms with Gasteiger partial charge in [-0.3, -0.25) is 14.9 Å². The zero-order chi connectivity index (χ0) is 15.1. The first-order valence-electron chi connectivity index (χ1n) is 6.97. The maximum absolute atomic E-state index is 11.7. The van der Waals surface area contributed by atoms with Gasteiger partial charge in [-0.2, -0.15) is 0 Å². The maximum Gasteiger partial charge on any atom is 0.269 e. The fourth-order valence-electron chi connectivity index (χ4n) is 2.14. The maximum atomic E-state index is 11.7. The van der Waals surface area contributed by atoms with Crippen LogP contribution in [0.5, 0.6) is 0 Å². The number of nitrogens with one attached hydrogen (secondary N) is 2. The number of carbonyl (C=O) groups is 1. The van der Waals surface area contributed by atoms with Gasteiger partial charge in [0.05, 0.1) is 11.0 Å². The Kier molecular flexibility index (Phi) is 5.65. The summed E-state index contributed by atoms with van der Waals surface area (Å²) in [7, 11) is 0. The van der Waals surface area contributed by atoms with Crippen molar-refractivity contribution >= 4 is 11.6 Å². The molecule has 2 rings (SSSR count). The molecule has 1 amide bonds. The number of hydrogen-bond acceptors (Lipinski definition) is 5. The Hall–Kier alpha value is -1.99. The lowest BCUT2D eigenvalue weighted by Gasteiger charge is -2.22. The van der Waals surface area contributed by atoms with Crippen molar-refractivity contribution in [3.05, 3.63) is 39.9 Å². The van der Waals surface area contributed by atoms with E-state index in [-0.39, 0.29) is 24.3 Å². The van der Waals surface area contributed by atoms with E-state index in [4.69, 9.17) is 4.74 Å². The third-order valence-electron chi connectivity index (χ3n) is 3.37. The molecule has 0 radical (unpaired) electrons. The molecule has 21 heavy (non-hydrogen) atoms. The van der Waals surface area contributed by atoms with Gasteiger partial charge in [0.15, 0.2) is 0 Å². The monoisotopic (exact) mass is 293 g/mol. The van der Waals surface area contributed by atoms with Crippen molar-refractivity contribution in [1.29, 1.82) is 0 Å². The second kappa shape index (κ2) is 7.70. The molecule has 1 fully saturated rings. The smallest absolute Gasteiger partial charge is 0.269 e. The van der Waals surface area contributed by atoms with Gasteiger partial charge in [-0.15, -0.1) is 0 Å². The van der Waals surface area contributed by atoms with Gasteiger partial charge in [0, 0.05) is 18.7 Å². The van der Waals surface area contributed by atoms with Crippen molar-refractivity contribution in [3.63, 3.8) is 0 Å². The van der Waals surface area contributed by atoms with Gasteiger partial charge < -0.3 is 15.4 Å². The summed E-state index contributed by atoms with van der Waals surface area (Å²) in [5, 5.41) is 16.5. The molecule has 7 nitrogen and oxygen atoms in total. The number of nitrogens with zero attached hydrogens (tertiary/aromatic N) is 1. The van der Waals surface area contributed by atoms with Crippen molar-refractivity contribution in [1.82, 2.24) is 10.6 Å². The zero-order valence-electron chi connectivity index (χ0n) is 11.7. The molecule has 114 valence electrons. The second-order valence-electron chi connectivity index (χ2n) is 4.96. The third-order valence-corrected chi connectivity index (χ3v) is 3.37. The molecule has 0 atom stereocenters. The van der Waals surface area contributed by atoms with Gasteiger partial charge >= 0.3 is 0 Å². The molecular formula is C14H19N3O4. The molecule has 2 N–H and O–H groups in total. The van der Waals surface area contributed by atoms with E-state index in [1.54, 1.807) is 12.1 Å². The van der Waals surface area contributed by atoms with Crippen LogP contribution in [-0.2, 0) is 16.1 Å². The topological polar surface area (TPSA) is 93.5 Å². The molecule has 0 spiro atoms. The average Bonchev–Trinajstić information content (AvgIpc) is 2.52. The zero-order valence-corrected chi connectivity index (χ0v) is 11.7. The Morgan fingerprint density at radius 1 is 1.33 bits per heavy atom. The van der Waals surface area contributed by atoms with Crippen LogP contribution >= 0.6 is 0 Å². The van der Waals surface area contributed by atoms with Crippen molar-refractivity contribution < 1.29 is 14.5 Å². The van der Waals surface area contributed by atoms with E-state index in [9.17, 15) is 14.9 Å². The standard InChI is InChI=1S/C14H19N3O4/c18-14(10-21-13-5-7-15-8-6-13)16-9-11-1-3-12(4-2-11)17(19)20/h1-4,13,15H,5-10H2,(H,16,18). The summed E-state index contributed by atoms with van der Waals surface area (Å²) in [4.78, 5) is 21.8. The molecule has 1 aromatic carbocycles. The molecule has 0 aliphatic carbocycles. The van der Waals surface area contributed by atoms with Crippen LogP contribution in [0.3, 0.4) is 0 Å². The number of nitro groups is 1. The second-order valence-corrected chi connectivity index (χ2v) is 4.96. The molecule has 0 aromatic heterocycles. The Morgan fingerprint density at radius 3 is 2.62 bits per heavy atom. The van der Waals surface area contributed by atoms with Crippen molar-refractivity contribution in [3.8, 4) is 0 Å². The predicted molar refractivity (Wildman–Crippen MR) is 76.8 cm³/mol. The molecule has 0 saturated carbocycles. The summed E-state index contributed by atoms with van der Waals surface area (Å²) in [5.74, 6) is -0.174. The summed E-state index contributed by atoms with van der Waals surface area (Å²) < 4.78 is 5.54. The number of non-ortho nitro benzene ring substituents is 1. The predicted octanol–water partition coefficient (Wildman–Crippen LogP) is 0.980. The van der Waals surface area contributed by atoms with Crippen LogP contribution < -0.4 is 10.6 Å². The summed E-state index contributed by atoms with van der Waals surface area (Å²) in [5.41, 5.74) is 0.857. The van der Waals surface area contributed by atoms with Crippen molar-refractivity contribution in [2.24, 2.45) is 0 Å². The average molecular weight is 293 g/mol. The van der Waals surface area contributed by atoms with Gasteiger partial charge in [-0.1, -0.05) is 12.1 Å². The van der Waals surface area contributed by atoms with Crippen LogP contribution in [0.4, 0.5) is 5.69 Å². The van der Waals surface area contributed by atoms with Crippen LogP contribution in [0.25, 0.3) is 0 Å². The normalized spacial score (nSPS) is 15.6. The molecule has 1 aliphatic rings. The lowest BCUT2D eigenvalue weighted by molar-refractivity contribution is -0.384. The number of nitro benzene ring substituents is 1. The summed E-state index contributed by atoms with van der Waals surface area (Å²) in [6, 6.07) is 6.11. The van der Waals surface area contributed by atoms with Crippen LogP contribution in [-0.4, -0.2) is 36.6 Å². The fraction of sp³-hybridized carbons (Fsp3) is 0.500. The first-order valence-corrected chi connectivity index (χ1v) is 6.97. The number of benzene rings is 1. The quantitative estimate of drug-likeness (QED) is 0.602. The summed E-state index contributed by atoms with van der Waals surface area (Å²) in [6.45, 7) is 2.24. The van der Waals surface area contributed by atoms with Crippen LogP contribution in [0.1, 0.15) is 18.4 Å². The van der Waals surface area contributed by atoms with E-state index in [2.05, 4.69) is 10.6 Å². The SMILES string of the molecule is O=C(COC1CCNCC1)NCc1ccc([N+](=O)[O-])cc1. The molecule has 7 heteroatoms. The first kappa shape index (κ1) is 15.4. The van der Waals surface area contributed by atoms with E-state index < -0.39 is 4.92 Å². The van der Waals surface area contributed by atoms with Gasteiger partial charge in [-0.05, 0) is 31.5 Å². The lowest BCUT2D eigenvalue weighted by atomic mass is 10.1. The molecule has 1 aromatic rings. The molecular weight excluding hydrogens is 274 g/mol. The lowest BCUT2D eigenvalue weighted by Crippen LogP contribution is -2.35. The number of rotatable bonds is 6. The van der Waals surface area contributed by atoms with Gasteiger partial charge in [0.25, 0.3) is 5.69 Å². The van der Waals surface area contributed by atoms with E-state index in [1.807, 2.05) is 0 Å². The minimum atomic E-state index is -0.449. The Labute approximate surface area is 122 Å².